The Labute approximate surface area is 114 Å². The summed E-state index contributed by atoms with van der Waals surface area (Å²) in [6, 6.07) is 2.30. The number of carbonyl (C=O) groups is 1. The second kappa shape index (κ2) is 7.09. The third-order valence-corrected chi connectivity index (χ3v) is 3.16. The van der Waals surface area contributed by atoms with E-state index >= 15 is 0 Å². The van der Waals surface area contributed by atoms with Crippen LogP contribution in [-0.2, 0) is 0 Å². The first kappa shape index (κ1) is 15.4. The molecule has 2 N–H and O–H groups in total. The molecule has 0 saturated heterocycles. The van der Waals surface area contributed by atoms with E-state index in [1.807, 2.05) is 6.92 Å². The highest BCUT2D eigenvalue weighted by molar-refractivity contribution is 5.93. The molecule has 106 valence electrons. The molecule has 1 rings (SSSR count). The van der Waals surface area contributed by atoms with E-state index in [0.717, 1.165) is 25.2 Å². The van der Waals surface area contributed by atoms with Crippen molar-refractivity contribution in [2.24, 2.45) is 0 Å². The summed E-state index contributed by atoms with van der Waals surface area (Å²) >= 11 is 0. The van der Waals surface area contributed by atoms with Crippen molar-refractivity contribution in [2.45, 2.75) is 33.2 Å². The lowest BCUT2D eigenvalue weighted by Crippen LogP contribution is -2.28. The fraction of sp³-hybridized carbons (Fsp3) is 0.571. The fourth-order valence-corrected chi connectivity index (χ4v) is 1.69. The summed E-state index contributed by atoms with van der Waals surface area (Å²) in [7, 11) is 2.09. The van der Waals surface area contributed by atoms with E-state index in [2.05, 4.69) is 36.1 Å². The van der Waals surface area contributed by atoms with E-state index in [-0.39, 0.29) is 5.56 Å². The number of carboxylic acids is 1. The molecule has 0 atom stereocenters. The lowest BCUT2D eigenvalue weighted by atomic mass is 10.2. The van der Waals surface area contributed by atoms with Gasteiger partial charge in [-0.3, -0.25) is 4.98 Å². The van der Waals surface area contributed by atoms with Crippen LogP contribution in [0.1, 0.15) is 36.3 Å². The van der Waals surface area contributed by atoms with Gasteiger partial charge in [0.05, 0.1) is 5.69 Å². The van der Waals surface area contributed by atoms with Gasteiger partial charge in [0.25, 0.3) is 0 Å². The molecule has 0 aliphatic heterocycles. The first-order valence-electron chi connectivity index (χ1n) is 6.56. The molecule has 0 aliphatic carbocycles. The second-order valence-electron chi connectivity index (χ2n) is 5.03. The van der Waals surface area contributed by atoms with Crippen LogP contribution in [0.3, 0.4) is 0 Å². The van der Waals surface area contributed by atoms with Crippen LogP contribution >= 0.6 is 0 Å². The van der Waals surface area contributed by atoms with E-state index in [9.17, 15) is 4.79 Å². The molecule has 19 heavy (non-hydrogen) atoms. The van der Waals surface area contributed by atoms with Crippen molar-refractivity contribution in [1.82, 2.24) is 9.88 Å². The van der Waals surface area contributed by atoms with Crippen LogP contribution in [0.25, 0.3) is 0 Å². The van der Waals surface area contributed by atoms with Crippen LogP contribution in [0.15, 0.2) is 12.3 Å². The minimum absolute atomic E-state index is 0.225. The molecular formula is C14H23N3O2. The molecule has 0 spiro atoms. The third kappa shape index (κ3) is 4.87. The quantitative estimate of drug-likeness (QED) is 0.740. The van der Waals surface area contributed by atoms with Crippen LogP contribution in [-0.4, -0.2) is 47.1 Å². The summed E-state index contributed by atoms with van der Waals surface area (Å²) in [5, 5.41) is 12.3. The molecule has 0 unspecified atom stereocenters. The Morgan fingerprint density at radius 3 is 2.79 bits per heavy atom. The SMILES string of the molecule is Cc1cc(NCCCN(C)C(C)C)c(C(=O)O)cn1. The molecule has 0 aliphatic rings. The van der Waals surface area contributed by atoms with Gasteiger partial charge < -0.3 is 15.3 Å². The number of aromatic nitrogens is 1. The molecule has 0 aromatic carbocycles. The van der Waals surface area contributed by atoms with Crippen LogP contribution in [0, 0.1) is 6.92 Å². The zero-order chi connectivity index (χ0) is 14.4. The largest absolute Gasteiger partial charge is 0.478 e. The van der Waals surface area contributed by atoms with Crippen molar-refractivity contribution < 1.29 is 9.90 Å². The number of hydrogen-bond donors (Lipinski definition) is 2. The highest BCUT2D eigenvalue weighted by Gasteiger charge is 2.10. The Morgan fingerprint density at radius 2 is 2.21 bits per heavy atom. The maximum absolute atomic E-state index is 11.1. The molecule has 0 saturated carbocycles. The van der Waals surface area contributed by atoms with Gasteiger partial charge in [0, 0.05) is 24.5 Å². The van der Waals surface area contributed by atoms with Gasteiger partial charge in [0.1, 0.15) is 5.56 Å². The molecule has 5 nitrogen and oxygen atoms in total. The molecule has 0 bridgehead atoms. The van der Waals surface area contributed by atoms with Gasteiger partial charge in [-0.25, -0.2) is 4.79 Å². The molecule has 0 amide bonds. The monoisotopic (exact) mass is 265 g/mol. The predicted molar refractivity (Wildman–Crippen MR) is 76.8 cm³/mol. The summed E-state index contributed by atoms with van der Waals surface area (Å²) in [6.45, 7) is 7.89. The minimum atomic E-state index is -0.950. The maximum Gasteiger partial charge on any atom is 0.339 e. The zero-order valence-corrected chi connectivity index (χ0v) is 12.1. The van der Waals surface area contributed by atoms with Gasteiger partial charge in [-0.15, -0.1) is 0 Å². The maximum atomic E-state index is 11.1. The van der Waals surface area contributed by atoms with Crippen LogP contribution in [0.5, 0.6) is 0 Å². The van der Waals surface area contributed by atoms with Crippen LogP contribution in [0.4, 0.5) is 5.69 Å². The van der Waals surface area contributed by atoms with Crippen molar-refractivity contribution in [3.05, 3.63) is 23.5 Å². The highest BCUT2D eigenvalue weighted by atomic mass is 16.4. The predicted octanol–water partition coefficient (Wildman–Crippen LogP) is 2.23. The summed E-state index contributed by atoms with van der Waals surface area (Å²) in [6.07, 6.45) is 2.37. The first-order chi connectivity index (χ1) is 8.91. The Balaban J connectivity index is 2.53. The average molecular weight is 265 g/mol. The summed E-state index contributed by atoms with van der Waals surface area (Å²) in [5.74, 6) is -0.950. The lowest BCUT2D eigenvalue weighted by Gasteiger charge is -2.21. The number of aromatic carboxylic acids is 1. The number of rotatable bonds is 7. The van der Waals surface area contributed by atoms with Gasteiger partial charge in [-0.1, -0.05) is 0 Å². The van der Waals surface area contributed by atoms with Crippen molar-refractivity contribution in [1.29, 1.82) is 0 Å². The van der Waals surface area contributed by atoms with E-state index in [0.29, 0.717) is 11.7 Å². The van der Waals surface area contributed by atoms with Gasteiger partial charge in [-0.2, -0.15) is 0 Å². The number of carboxylic acid groups (broad SMARTS) is 1. The van der Waals surface area contributed by atoms with Gasteiger partial charge >= 0.3 is 5.97 Å². The number of anilines is 1. The number of aryl methyl sites for hydroxylation is 1. The zero-order valence-electron chi connectivity index (χ0n) is 12.1. The number of hydrogen-bond acceptors (Lipinski definition) is 4. The first-order valence-corrected chi connectivity index (χ1v) is 6.56. The lowest BCUT2D eigenvalue weighted by molar-refractivity contribution is 0.0697. The Bertz CT molecular complexity index is 433. The molecule has 5 heteroatoms. The van der Waals surface area contributed by atoms with Crippen molar-refractivity contribution in [3.63, 3.8) is 0 Å². The van der Waals surface area contributed by atoms with Gasteiger partial charge in [-0.05, 0) is 46.9 Å². The molecular weight excluding hydrogens is 242 g/mol. The smallest absolute Gasteiger partial charge is 0.339 e. The second-order valence-corrected chi connectivity index (χ2v) is 5.03. The normalized spacial score (nSPS) is 11.1. The molecule has 1 heterocycles. The number of pyridine rings is 1. The average Bonchev–Trinajstić information content (AvgIpc) is 2.33. The number of nitrogens with zero attached hydrogens (tertiary/aromatic N) is 2. The van der Waals surface area contributed by atoms with Gasteiger partial charge in [0.15, 0.2) is 0 Å². The van der Waals surface area contributed by atoms with E-state index in [1.54, 1.807) is 6.07 Å². The highest BCUT2D eigenvalue weighted by Crippen LogP contribution is 2.15. The molecule has 1 aromatic rings. The Kier molecular flexibility index (Phi) is 5.76. The summed E-state index contributed by atoms with van der Waals surface area (Å²) in [4.78, 5) is 17.3. The third-order valence-electron chi connectivity index (χ3n) is 3.16. The Morgan fingerprint density at radius 1 is 1.53 bits per heavy atom. The minimum Gasteiger partial charge on any atom is -0.478 e. The topological polar surface area (TPSA) is 65.5 Å². The van der Waals surface area contributed by atoms with Crippen molar-refractivity contribution >= 4 is 11.7 Å². The van der Waals surface area contributed by atoms with Crippen molar-refractivity contribution in [3.8, 4) is 0 Å². The molecule has 0 fully saturated rings. The van der Waals surface area contributed by atoms with Gasteiger partial charge in [0.2, 0.25) is 0 Å². The van der Waals surface area contributed by atoms with Crippen LogP contribution < -0.4 is 5.32 Å². The standard InChI is InChI=1S/C14H23N3O2/c1-10(2)17(4)7-5-6-15-13-8-11(3)16-9-12(13)14(18)19/h8-10H,5-7H2,1-4H3,(H,15,16)(H,18,19). The summed E-state index contributed by atoms with van der Waals surface area (Å²) in [5.41, 5.74) is 1.68. The fourth-order valence-electron chi connectivity index (χ4n) is 1.69. The van der Waals surface area contributed by atoms with E-state index < -0.39 is 5.97 Å². The molecule has 1 aromatic heterocycles. The summed E-state index contributed by atoms with van der Waals surface area (Å²) < 4.78 is 0. The number of nitrogens with one attached hydrogen (secondary N) is 1. The Hall–Kier alpha value is -1.62. The molecule has 0 radical (unpaired) electrons. The van der Waals surface area contributed by atoms with Crippen molar-refractivity contribution in [2.75, 3.05) is 25.5 Å². The van der Waals surface area contributed by atoms with E-state index in [4.69, 9.17) is 5.11 Å². The van der Waals surface area contributed by atoms with E-state index in [1.165, 1.54) is 6.20 Å². The van der Waals surface area contributed by atoms with Crippen LogP contribution in [0.2, 0.25) is 0 Å².